The number of carbonyl (C=O) groups is 4. The van der Waals surface area contributed by atoms with Crippen molar-refractivity contribution >= 4 is 23.8 Å². The van der Waals surface area contributed by atoms with Gasteiger partial charge in [-0.2, -0.15) is 0 Å². The zero-order valence-corrected chi connectivity index (χ0v) is 11.6. The molecular weight excluding hydrogens is 262 g/mol. The molecule has 0 aromatic heterocycles. The molecule has 0 aromatic rings. The van der Waals surface area contributed by atoms with Crippen LogP contribution in [0.4, 0.5) is 4.79 Å². The van der Waals surface area contributed by atoms with Gasteiger partial charge in [-0.3, -0.25) is 24.6 Å². The van der Waals surface area contributed by atoms with Crippen molar-refractivity contribution in [2.24, 2.45) is 5.92 Å². The number of nitrogens with one attached hydrogen (secondary N) is 1. The van der Waals surface area contributed by atoms with Crippen LogP contribution in [0.2, 0.25) is 0 Å². The van der Waals surface area contributed by atoms with Crippen molar-refractivity contribution < 1.29 is 19.2 Å². The van der Waals surface area contributed by atoms with E-state index >= 15 is 0 Å². The summed E-state index contributed by atoms with van der Waals surface area (Å²) in [5.74, 6) is -2.22. The number of carbonyl (C=O) groups excluding carboxylic acids is 4. The minimum atomic E-state index is -0.857. The van der Waals surface area contributed by atoms with E-state index in [4.69, 9.17) is 0 Å². The second kappa shape index (κ2) is 6.02. The van der Waals surface area contributed by atoms with Crippen LogP contribution < -0.4 is 5.32 Å². The molecule has 0 aliphatic carbocycles. The topological polar surface area (TPSA) is 86.8 Å². The molecule has 2 rings (SSSR count). The van der Waals surface area contributed by atoms with Crippen molar-refractivity contribution in [3.8, 4) is 0 Å². The van der Waals surface area contributed by atoms with Crippen molar-refractivity contribution in [2.45, 2.75) is 32.6 Å². The maximum absolute atomic E-state index is 12.2. The number of hydrogen-bond acceptors (Lipinski definition) is 4. The molecule has 5 amide bonds. The third-order valence-corrected chi connectivity index (χ3v) is 3.69. The molecule has 2 heterocycles. The number of amides is 5. The fraction of sp³-hybridized carbons (Fsp3) is 0.692. The molecule has 2 aliphatic heterocycles. The average molecular weight is 281 g/mol. The van der Waals surface area contributed by atoms with Crippen LogP contribution in [0.15, 0.2) is 0 Å². The van der Waals surface area contributed by atoms with Crippen molar-refractivity contribution in [3.63, 3.8) is 0 Å². The van der Waals surface area contributed by atoms with Crippen molar-refractivity contribution in [1.29, 1.82) is 0 Å². The van der Waals surface area contributed by atoms with Crippen LogP contribution in [0.3, 0.4) is 0 Å². The van der Waals surface area contributed by atoms with Gasteiger partial charge in [-0.25, -0.2) is 4.79 Å². The SMILES string of the molecule is CCCC1C(=O)NC(=O)N(CC(=O)N2CCCC2)C1=O. The molecule has 2 aliphatic rings. The summed E-state index contributed by atoms with van der Waals surface area (Å²) in [5, 5.41) is 2.15. The van der Waals surface area contributed by atoms with E-state index in [0.29, 0.717) is 25.9 Å². The Bertz CT molecular complexity index is 443. The lowest BCUT2D eigenvalue weighted by Gasteiger charge is -2.30. The normalized spacial score (nSPS) is 23.2. The van der Waals surface area contributed by atoms with E-state index in [1.807, 2.05) is 6.92 Å². The molecular formula is C13H19N3O4. The Morgan fingerprint density at radius 1 is 1.25 bits per heavy atom. The Morgan fingerprint density at radius 3 is 2.50 bits per heavy atom. The van der Waals surface area contributed by atoms with Gasteiger partial charge in [0.1, 0.15) is 12.5 Å². The van der Waals surface area contributed by atoms with Crippen molar-refractivity contribution in [2.75, 3.05) is 19.6 Å². The molecule has 20 heavy (non-hydrogen) atoms. The molecule has 0 aromatic carbocycles. The van der Waals surface area contributed by atoms with Gasteiger partial charge in [-0.15, -0.1) is 0 Å². The lowest BCUT2D eigenvalue weighted by atomic mass is 9.99. The number of barbiturate groups is 1. The fourth-order valence-corrected chi connectivity index (χ4v) is 2.56. The first kappa shape index (κ1) is 14.5. The fourth-order valence-electron chi connectivity index (χ4n) is 2.56. The summed E-state index contributed by atoms with van der Waals surface area (Å²) in [4.78, 5) is 50.0. The van der Waals surface area contributed by atoms with Crippen molar-refractivity contribution in [1.82, 2.24) is 15.1 Å². The summed E-state index contributed by atoms with van der Waals surface area (Å²) in [6.07, 6.45) is 2.93. The first-order valence-corrected chi connectivity index (χ1v) is 6.98. The van der Waals surface area contributed by atoms with E-state index in [0.717, 1.165) is 17.7 Å². The minimum absolute atomic E-state index is 0.240. The van der Waals surface area contributed by atoms with Crippen LogP contribution in [0, 0.1) is 5.92 Å². The van der Waals surface area contributed by atoms with Crippen LogP contribution in [0.1, 0.15) is 32.6 Å². The first-order valence-electron chi connectivity index (χ1n) is 6.98. The van der Waals surface area contributed by atoms with Gasteiger partial charge >= 0.3 is 6.03 Å². The molecule has 2 saturated heterocycles. The summed E-state index contributed by atoms with van der Waals surface area (Å²) in [6.45, 7) is 2.91. The quantitative estimate of drug-likeness (QED) is 0.741. The zero-order valence-electron chi connectivity index (χ0n) is 11.6. The maximum Gasteiger partial charge on any atom is 0.331 e. The van der Waals surface area contributed by atoms with Crippen LogP contribution in [0.25, 0.3) is 0 Å². The lowest BCUT2D eigenvalue weighted by molar-refractivity contribution is -0.146. The largest absolute Gasteiger partial charge is 0.341 e. The van der Waals surface area contributed by atoms with E-state index in [-0.39, 0.29) is 12.5 Å². The standard InChI is InChI=1S/C13H19N3O4/c1-2-5-9-11(18)14-13(20)16(12(9)19)8-10(17)15-6-3-4-7-15/h9H,2-8H2,1H3,(H,14,18,20). The van der Waals surface area contributed by atoms with E-state index in [9.17, 15) is 19.2 Å². The van der Waals surface area contributed by atoms with Crippen LogP contribution in [-0.4, -0.2) is 53.2 Å². The maximum atomic E-state index is 12.2. The molecule has 0 radical (unpaired) electrons. The summed E-state index contributed by atoms with van der Waals surface area (Å²) < 4.78 is 0. The Labute approximate surface area is 117 Å². The molecule has 0 saturated carbocycles. The molecule has 1 atom stereocenters. The number of likely N-dealkylation sites (tertiary alicyclic amines) is 1. The Kier molecular flexibility index (Phi) is 4.36. The lowest BCUT2D eigenvalue weighted by Crippen LogP contribution is -2.59. The third kappa shape index (κ3) is 2.81. The van der Waals surface area contributed by atoms with E-state index in [2.05, 4.69) is 5.32 Å². The second-order valence-electron chi connectivity index (χ2n) is 5.15. The number of nitrogens with zero attached hydrogens (tertiary/aromatic N) is 2. The van der Waals surface area contributed by atoms with Crippen molar-refractivity contribution in [3.05, 3.63) is 0 Å². The van der Waals surface area contributed by atoms with Crippen LogP contribution >= 0.6 is 0 Å². The van der Waals surface area contributed by atoms with Gasteiger partial charge in [0.25, 0.3) is 0 Å². The highest BCUT2D eigenvalue weighted by Crippen LogP contribution is 2.16. The number of imide groups is 2. The highest BCUT2D eigenvalue weighted by molar-refractivity contribution is 6.17. The highest BCUT2D eigenvalue weighted by atomic mass is 16.2. The smallest absolute Gasteiger partial charge is 0.331 e. The predicted octanol–water partition coefficient (Wildman–Crippen LogP) is 0.103. The first-order chi connectivity index (χ1) is 9.54. The van der Waals surface area contributed by atoms with Gasteiger partial charge in [-0.05, 0) is 19.3 Å². The molecule has 7 nitrogen and oxygen atoms in total. The van der Waals surface area contributed by atoms with E-state index in [1.165, 1.54) is 0 Å². The molecule has 0 bridgehead atoms. The third-order valence-electron chi connectivity index (χ3n) is 3.69. The molecule has 0 spiro atoms. The summed E-state index contributed by atoms with van der Waals surface area (Å²) in [6, 6.07) is -0.792. The molecule has 7 heteroatoms. The zero-order chi connectivity index (χ0) is 14.7. The van der Waals surface area contributed by atoms with E-state index < -0.39 is 23.8 Å². The Hall–Kier alpha value is -1.92. The summed E-state index contributed by atoms with van der Waals surface area (Å²) in [5.41, 5.74) is 0. The number of urea groups is 1. The number of hydrogen-bond donors (Lipinski definition) is 1. The van der Waals surface area contributed by atoms with Gasteiger partial charge in [0.2, 0.25) is 17.7 Å². The van der Waals surface area contributed by atoms with Gasteiger partial charge in [0.05, 0.1) is 0 Å². The summed E-state index contributed by atoms with van der Waals surface area (Å²) >= 11 is 0. The highest BCUT2D eigenvalue weighted by Gasteiger charge is 2.41. The predicted molar refractivity (Wildman–Crippen MR) is 69.5 cm³/mol. The van der Waals surface area contributed by atoms with Gasteiger partial charge in [-0.1, -0.05) is 13.3 Å². The summed E-state index contributed by atoms with van der Waals surface area (Å²) in [7, 11) is 0. The molecule has 1 unspecified atom stereocenters. The molecule has 2 fully saturated rings. The van der Waals surface area contributed by atoms with Gasteiger partial charge < -0.3 is 4.90 Å². The number of rotatable bonds is 4. The second-order valence-corrected chi connectivity index (χ2v) is 5.15. The van der Waals surface area contributed by atoms with Gasteiger partial charge in [0, 0.05) is 13.1 Å². The average Bonchev–Trinajstić information content (AvgIpc) is 2.93. The molecule has 1 N–H and O–H groups in total. The Morgan fingerprint density at radius 2 is 1.90 bits per heavy atom. The Balaban J connectivity index is 2.05. The van der Waals surface area contributed by atoms with E-state index in [1.54, 1.807) is 4.90 Å². The molecule has 110 valence electrons. The van der Waals surface area contributed by atoms with Crippen LogP contribution in [-0.2, 0) is 14.4 Å². The monoisotopic (exact) mass is 281 g/mol. The minimum Gasteiger partial charge on any atom is -0.341 e. The van der Waals surface area contributed by atoms with Gasteiger partial charge in [0.15, 0.2) is 0 Å². The van der Waals surface area contributed by atoms with Crippen LogP contribution in [0.5, 0.6) is 0 Å².